The van der Waals surface area contributed by atoms with Gasteiger partial charge in [0.2, 0.25) is 0 Å². The molecule has 1 amide bonds. The highest BCUT2D eigenvalue weighted by Gasteiger charge is 2.24. The molecule has 2 heterocycles. The standard InChI is InChI=1S/C21H24N4O4/c1-11-7-8-17(28-6)16(9-11)23-20(26)14(4)29-21(27)15-10-12(2)22-19-18(15)13(3)24-25(19)5/h7-10,14H,1-6H3,(H,23,26). The quantitative estimate of drug-likeness (QED) is 0.666. The number of benzene rings is 1. The maximum Gasteiger partial charge on any atom is 0.339 e. The van der Waals surface area contributed by atoms with Gasteiger partial charge in [-0.25, -0.2) is 9.78 Å². The summed E-state index contributed by atoms with van der Waals surface area (Å²) in [6.45, 7) is 7.03. The Bertz CT molecular complexity index is 1100. The second-order valence-electron chi connectivity index (χ2n) is 6.96. The van der Waals surface area contributed by atoms with Crippen LogP contribution in [0.3, 0.4) is 0 Å². The van der Waals surface area contributed by atoms with Crippen molar-refractivity contribution in [3.63, 3.8) is 0 Å². The number of nitrogens with one attached hydrogen (secondary N) is 1. The molecule has 0 radical (unpaired) electrons. The summed E-state index contributed by atoms with van der Waals surface area (Å²) in [5.41, 5.74) is 3.75. The number of anilines is 1. The molecule has 8 heteroatoms. The van der Waals surface area contributed by atoms with Gasteiger partial charge < -0.3 is 14.8 Å². The van der Waals surface area contributed by atoms with E-state index in [1.165, 1.54) is 14.0 Å². The van der Waals surface area contributed by atoms with Gasteiger partial charge in [-0.3, -0.25) is 9.48 Å². The van der Waals surface area contributed by atoms with Crippen molar-refractivity contribution in [2.45, 2.75) is 33.8 Å². The number of aryl methyl sites for hydroxylation is 4. The summed E-state index contributed by atoms with van der Waals surface area (Å²) in [5, 5.41) is 7.70. The van der Waals surface area contributed by atoms with E-state index in [2.05, 4.69) is 15.4 Å². The van der Waals surface area contributed by atoms with Crippen LogP contribution < -0.4 is 10.1 Å². The highest BCUT2D eigenvalue weighted by atomic mass is 16.5. The average Bonchev–Trinajstić information content (AvgIpc) is 2.94. The van der Waals surface area contributed by atoms with E-state index < -0.39 is 18.0 Å². The molecule has 0 fully saturated rings. The van der Waals surface area contributed by atoms with Crippen LogP contribution in [0, 0.1) is 20.8 Å². The zero-order chi connectivity index (χ0) is 21.3. The number of carbonyl (C=O) groups excluding carboxylic acids is 2. The number of carbonyl (C=O) groups is 2. The van der Waals surface area contributed by atoms with E-state index in [1.807, 2.05) is 13.0 Å². The first kappa shape index (κ1) is 20.3. The fourth-order valence-electron chi connectivity index (χ4n) is 3.16. The first-order chi connectivity index (χ1) is 13.7. The predicted molar refractivity (Wildman–Crippen MR) is 109 cm³/mol. The van der Waals surface area contributed by atoms with Crippen molar-refractivity contribution in [1.82, 2.24) is 14.8 Å². The van der Waals surface area contributed by atoms with Crippen molar-refractivity contribution in [3.05, 3.63) is 46.8 Å². The summed E-state index contributed by atoms with van der Waals surface area (Å²) in [6, 6.07) is 7.09. The fraction of sp³-hybridized carbons (Fsp3) is 0.333. The third-order valence-corrected chi connectivity index (χ3v) is 4.58. The third kappa shape index (κ3) is 4.06. The van der Waals surface area contributed by atoms with Gasteiger partial charge in [0, 0.05) is 12.7 Å². The van der Waals surface area contributed by atoms with Gasteiger partial charge in [0.05, 0.1) is 29.4 Å². The molecule has 0 aliphatic carbocycles. The van der Waals surface area contributed by atoms with Gasteiger partial charge in [-0.1, -0.05) is 6.07 Å². The molecule has 0 bridgehead atoms. The SMILES string of the molecule is COc1ccc(C)cc1NC(=O)C(C)OC(=O)c1cc(C)nc2c1c(C)nn2C. The van der Waals surface area contributed by atoms with Crippen LogP contribution in [-0.4, -0.2) is 39.9 Å². The minimum absolute atomic E-state index is 0.339. The number of amides is 1. The molecule has 0 aliphatic heterocycles. The number of hydrogen-bond donors (Lipinski definition) is 1. The maximum atomic E-state index is 12.8. The molecule has 29 heavy (non-hydrogen) atoms. The zero-order valence-corrected chi connectivity index (χ0v) is 17.4. The van der Waals surface area contributed by atoms with Crippen LogP contribution >= 0.6 is 0 Å². The molecule has 152 valence electrons. The van der Waals surface area contributed by atoms with E-state index in [-0.39, 0.29) is 0 Å². The minimum Gasteiger partial charge on any atom is -0.495 e. The van der Waals surface area contributed by atoms with E-state index in [4.69, 9.17) is 9.47 Å². The molecule has 1 N–H and O–H groups in total. The lowest BCUT2D eigenvalue weighted by Gasteiger charge is -2.16. The Balaban J connectivity index is 1.82. The molecule has 3 aromatic rings. The fourth-order valence-corrected chi connectivity index (χ4v) is 3.16. The van der Waals surface area contributed by atoms with E-state index in [0.29, 0.717) is 39.4 Å². The van der Waals surface area contributed by atoms with Gasteiger partial charge in [-0.05, 0) is 51.5 Å². The highest BCUT2D eigenvalue weighted by Crippen LogP contribution is 2.26. The van der Waals surface area contributed by atoms with E-state index in [9.17, 15) is 9.59 Å². The second-order valence-corrected chi connectivity index (χ2v) is 6.96. The van der Waals surface area contributed by atoms with Crippen LogP contribution in [0.5, 0.6) is 5.75 Å². The molecule has 0 saturated heterocycles. The highest BCUT2D eigenvalue weighted by molar-refractivity contribution is 6.05. The molecular formula is C21H24N4O4. The molecule has 8 nitrogen and oxygen atoms in total. The van der Waals surface area contributed by atoms with Crippen LogP contribution in [-0.2, 0) is 16.6 Å². The molecule has 3 rings (SSSR count). The normalized spacial score (nSPS) is 11.9. The summed E-state index contributed by atoms with van der Waals surface area (Å²) >= 11 is 0. The number of pyridine rings is 1. The van der Waals surface area contributed by atoms with Crippen LogP contribution in [0.2, 0.25) is 0 Å². The summed E-state index contributed by atoms with van der Waals surface area (Å²) < 4.78 is 12.3. The number of esters is 1. The largest absolute Gasteiger partial charge is 0.495 e. The van der Waals surface area contributed by atoms with Gasteiger partial charge in [0.25, 0.3) is 5.91 Å². The van der Waals surface area contributed by atoms with Gasteiger partial charge >= 0.3 is 5.97 Å². The summed E-state index contributed by atoms with van der Waals surface area (Å²) in [7, 11) is 3.29. The molecule has 0 aliphatic rings. The Morgan fingerprint density at radius 3 is 2.59 bits per heavy atom. The number of hydrogen-bond acceptors (Lipinski definition) is 6. The Morgan fingerprint density at radius 1 is 1.17 bits per heavy atom. The predicted octanol–water partition coefficient (Wildman–Crippen LogP) is 3.09. The number of aromatic nitrogens is 3. The Hall–Kier alpha value is -3.42. The van der Waals surface area contributed by atoms with Crippen molar-refractivity contribution in [2.24, 2.45) is 7.05 Å². The van der Waals surface area contributed by atoms with Crippen LogP contribution in [0.25, 0.3) is 11.0 Å². The van der Waals surface area contributed by atoms with Crippen molar-refractivity contribution >= 4 is 28.6 Å². The van der Waals surface area contributed by atoms with Crippen LogP contribution in [0.1, 0.15) is 34.2 Å². The lowest BCUT2D eigenvalue weighted by molar-refractivity contribution is -0.123. The topological polar surface area (TPSA) is 95.3 Å². The third-order valence-electron chi connectivity index (χ3n) is 4.58. The van der Waals surface area contributed by atoms with Gasteiger partial charge in [-0.15, -0.1) is 0 Å². The Kier molecular flexibility index (Phi) is 5.54. The molecule has 1 aromatic carbocycles. The number of rotatable bonds is 5. The second kappa shape index (κ2) is 7.90. The lowest BCUT2D eigenvalue weighted by atomic mass is 10.1. The number of methoxy groups -OCH3 is 1. The summed E-state index contributed by atoms with van der Waals surface area (Å²) in [5.74, 6) is -0.525. The van der Waals surface area contributed by atoms with Gasteiger partial charge in [0.15, 0.2) is 11.8 Å². The van der Waals surface area contributed by atoms with Gasteiger partial charge in [0.1, 0.15) is 5.75 Å². The summed E-state index contributed by atoms with van der Waals surface area (Å²) in [6.07, 6.45) is -1.01. The lowest BCUT2D eigenvalue weighted by Crippen LogP contribution is -2.30. The van der Waals surface area contributed by atoms with Crippen molar-refractivity contribution in [2.75, 3.05) is 12.4 Å². The zero-order valence-electron chi connectivity index (χ0n) is 17.4. The summed E-state index contributed by atoms with van der Waals surface area (Å²) in [4.78, 5) is 29.8. The van der Waals surface area contributed by atoms with Crippen LogP contribution in [0.4, 0.5) is 5.69 Å². The van der Waals surface area contributed by atoms with E-state index >= 15 is 0 Å². The Morgan fingerprint density at radius 2 is 1.90 bits per heavy atom. The monoisotopic (exact) mass is 396 g/mol. The van der Waals surface area contributed by atoms with Crippen molar-refractivity contribution in [1.29, 1.82) is 0 Å². The number of fused-ring (bicyclic) bond motifs is 1. The number of ether oxygens (including phenoxy) is 2. The van der Waals surface area contributed by atoms with Crippen LogP contribution in [0.15, 0.2) is 24.3 Å². The Labute approximate surface area is 168 Å². The smallest absolute Gasteiger partial charge is 0.339 e. The van der Waals surface area contributed by atoms with Gasteiger partial charge in [-0.2, -0.15) is 5.10 Å². The molecule has 0 saturated carbocycles. The van der Waals surface area contributed by atoms with E-state index in [0.717, 1.165) is 5.56 Å². The maximum absolute atomic E-state index is 12.8. The molecule has 0 spiro atoms. The minimum atomic E-state index is -1.01. The molecular weight excluding hydrogens is 372 g/mol. The number of nitrogens with zero attached hydrogens (tertiary/aromatic N) is 3. The average molecular weight is 396 g/mol. The molecule has 1 unspecified atom stereocenters. The molecule has 1 atom stereocenters. The van der Waals surface area contributed by atoms with E-state index in [1.54, 1.807) is 43.8 Å². The van der Waals surface area contributed by atoms with Crippen molar-refractivity contribution in [3.8, 4) is 5.75 Å². The first-order valence-electron chi connectivity index (χ1n) is 9.18. The molecule has 2 aromatic heterocycles. The first-order valence-corrected chi connectivity index (χ1v) is 9.18. The van der Waals surface area contributed by atoms with Crippen molar-refractivity contribution < 1.29 is 19.1 Å².